The molecule has 0 spiro atoms. The summed E-state index contributed by atoms with van der Waals surface area (Å²) in [5, 5.41) is 2.58. The van der Waals surface area contributed by atoms with Gasteiger partial charge in [-0.3, -0.25) is 4.79 Å². The van der Waals surface area contributed by atoms with E-state index in [4.69, 9.17) is 4.74 Å². The number of amides is 1. The van der Waals surface area contributed by atoms with Gasteiger partial charge in [-0.2, -0.15) is 0 Å². The molecule has 0 saturated carbocycles. The SMILES string of the molecule is Cc1ccccc1OC(=O)[C@@H]1CCC(=O)N1. The smallest absolute Gasteiger partial charge is 0.334 e. The van der Waals surface area contributed by atoms with Crippen molar-refractivity contribution in [1.29, 1.82) is 0 Å². The normalized spacial score (nSPS) is 19.3. The van der Waals surface area contributed by atoms with Crippen LogP contribution in [0.15, 0.2) is 24.3 Å². The van der Waals surface area contributed by atoms with E-state index in [1.807, 2.05) is 25.1 Å². The predicted molar refractivity (Wildman–Crippen MR) is 58.0 cm³/mol. The van der Waals surface area contributed by atoms with Crippen LogP contribution in [-0.4, -0.2) is 17.9 Å². The van der Waals surface area contributed by atoms with Gasteiger partial charge >= 0.3 is 5.97 Å². The summed E-state index contributed by atoms with van der Waals surface area (Å²) in [6.07, 6.45) is 0.914. The maximum Gasteiger partial charge on any atom is 0.334 e. The zero-order chi connectivity index (χ0) is 11.5. The van der Waals surface area contributed by atoms with Crippen molar-refractivity contribution in [3.63, 3.8) is 0 Å². The van der Waals surface area contributed by atoms with Crippen LogP contribution in [0, 0.1) is 6.92 Å². The lowest BCUT2D eigenvalue weighted by atomic mass is 10.2. The minimum Gasteiger partial charge on any atom is -0.425 e. The average Bonchev–Trinajstić information content (AvgIpc) is 2.68. The molecule has 84 valence electrons. The van der Waals surface area contributed by atoms with Crippen molar-refractivity contribution in [3.05, 3.63) is 29.8 Å². The number of carbonyl (C=O) groups excluding carboxylic acids is 2. The number of ether oxygens (including phenoxy) is 1. The quantitative estimate of drug-likeness (QED) is 0.600. The largest absolute Gasteiger partial charge is 0.425 e. The van der Waals surface area contributed by atoms with Crippen LogP contribution in [0.2, 0.25) is 0 Å². The fourth-order valence-corrected chi connectivity index (χ4v) is 1.64. The molecule has 16 heavy (non-hydrogen) atoms. The molecule has 2 rings (SSSR count). The minimum absolute atomic E-state index is 0.0910. The Bertz CT molecular complexity index is 428. The lowest BCUT2D eigenvalue weighted by molar-refractivity contribution is -0.137. The number of nitrogens with one attached hydrogen (secondary N) is 1. The summed E-state index contributed by atoms with van der Waals surface area (Å²) in [5.41, 5.74) is 0.903. The Kier molecular flexibility index (Phi) is 2.90. The van der Waals surface area contributed by atoms with Gasteiger partial charge in [-0.1, -0.05) is 18.2 Å². The third kappa shape index (κ3) is 2.21. The van der Waals surface area contributed by atoms with Crippen LogP contribution in [0.25, 0.3) is 0 Å². The van der Waals surface area contributed by atoms with E-state index in [0.717, 1.165) is 5.56 Å². The van der Waals surface area contributed by atoms with Crippen LogP contribution < -0.4 is 10.1 Å². The summed E-state index contributed by atoms with van der Waals surface area (Å²) in [4.78, 5) is 22.6. The van der Waals surface area contributed by atoms with Crippen LogP contribution in [0.3, 0.4) is 0 Å². The van der Waals surface area contributed by atoms with Gasteiger partial charge in [0.05, 0.1) is 0 Å². The molecule has 1 heterocycles. The molecular weight excluding hydrogens is 206 g/mol. The first-order valence-corrected chi connectivity index (χ1v) is 5.23. The molecule has 0 radical (unpaired) electrons. The van der Waals surface area contributed by atoms with Gasteiger partial charge in [0, 0.05) is 6.42 Å². The Labute approximate surface area is 93.6 Å². The Balaban J connectivity index is 2.03. The Morgan fingerprint density at radius 3 is 2.81 bits per heavy atom. The first kappa shape index (κ1) is 10.7. The lowest BCUT2D eigenvalue weighted by Gasteiger charge is -2.11. The third-order valence-electron chi connectivity index (χ3n) is 2.58. The van der Waals surface area contributed by atoms with Crippen molar-refractivity contribution in [2.75, 3.05) is 0 Å². The van der Waals surface area contributed by atoms with E-state index in [1.165, 1.54) is 0 Å². The maximum absolute atomic E-state index is 11.7. The van der Waals surface area contributed by atoms with Gasteiger partial charge in [0.15, 0.2) is 0 Å². The second-order valence-electron chi connectivity index (χ2n) is 3.85. The van der Waals surface area contributed by atoms with E-state index in [0.29, 0.717) is 18.6 Å². The Hall–Kier alpha value is -1.84. The molecule has 1 fully saturated rings. The molecule has 1 amide bonds. The van der Waals surface area contributed by atoms with E-state index in [1.54, 1.807) is 6.07 Å². The van der Waals surface area contributed by atoms with Gasteiger partial charge in [-0.15, -0.1) is 0 Å². The minimum atomic E-state index is -0.493. The second kappa shape index (κ2) is 4.35. The highest BCUT2D eigenvalue weighted by molar-refractivity contribution is 5.89. The third-order valence-corrected chi connectivity index (χ3v) is 2.58. The van der Waals surface area contributed by atoms with Crippen LogP contribution in [0.4, 0.5) is 0 Å². The zero-order valence-electron chi connectivity index (χ0n) is 9.03. The van der Waals surface area contributed by atoms with E-state index in [-0.39, 0.29) is 11.9 Å². The molecule has 0 aliphatic carbocycles. The lowest BCUT2D eigenvalue weighted by Crippen LogP contribution is -2.36. The summed E-state index contributed by atoms with van der Waals surface area (Å²) in [6.45, 7) is 1.87. The molecular formula is C12H13NO3. The summed E-state index contributed by atoms with van der Waals surface area (Å²) >= 11 is 0. The van der Waals surface area contributed by atoms with E-state index in [2.05, 4.69) is 5.32 Å². The Morgan fingerprint density at radius 1 is 1.44 bits per heavy atom. The van der Waals surface area contributed by atoms with Crippen molar-refractivity contribution in [2.45, 2.75) is 25.8 Å². The van der Waals surface area contributed by atoms with Gasteiger partial charge in [-0.05, 0) is 25.0 Å². The van der Waals surface area contributed by atoms with Crippen molar-refractivity contribution in [3.8, 4) is 5.75 Å². The molecule has 4 nitrogen and oxygen atoms in total. The van der Waals surface area contributed by atoms with E-state index < -0.39 is 6.04 Å². The zero-order valence-corrected chi connectivity index (χ0v) is 9.03. The highest BCUT2D eigenvalue weighted by Gasteiger charge is 2.28. The molecule has 0 bridgehead atoms. The number of benzene rings is 1. The van der Waals surface area contributed by atoms with Gasteiger partial charge in [-0.25, -0.2) is 4.79 Å². The topological polar surface area (TPSA) is 55.4 Å². The van der Waals surface area contributed by atoms with Crippen molar-refractivity contribution in [2.24, 2.45) is 0 Å². The molecule has 1 N–H and O–H groups in total. The summed E-state index contributed by atoms with van der Waals surface area (Å²) < 4.78 is 5.22. The van der Waals surface area contributed by atoms with Crippen LogP contribution in [0.1, 0.15) is 18.4 Å². The standard InChI is InChI=1S/C12H13NO3/c1-8-4-2-3-5-10(8)16-12(15)9-6-7-11(14)13-9/h2-5,9H,6-7H2,1H3,(H,13,14)/t9-/m0/s1. The molecule has 1 aliphatic rings. The summed E-state index contributed by atoms with van der Waals surface area (Å²) in [6, 6.07) is 6.80. The molecule has 1 aromatic carbocycles. The predicted octanol–water partition coefficient (Wildman–Crippen LogP) is 1.18. The van der Waals surface area contributed by atoms with Crippen LogP contribution in [-0.2, 0) is 9.59 Å². The van der Waals surface area contributed by atoms with Crippen molar-refractivity contribution < 1.29 is 14.3 Å². The molecule has 1 atom stereocenters. The van der Waals surface area contributed by atoms with Gasteiger partial charge in [0.2, 0.25) is 5.91 Å². The van der Waals surface area contributed by atoms with Crippen LogP contribution >= 0.6 is 0 Å². The molecule has 0 aromatic heterocycles. The number of rotatable bonds is 2. The number of hydrogen-bond donors (Lipinski definition) is 1. The highest BCUT2D eigenvalue weighted by atomic mass is 16.5. The van der Waals surface area contributed by atoms with Crippen LogP contribution in [0.5, 0.6) is 5.75 Å². The van der Waals surface area contributed by atoms with Gasteiger partial charge in [0.1, 0.15) is 11.8 Å². The summed E-state index contributed by atoms with van der Waals surface area (Å²) in [5.74, 6) is 0.0699. The van der Waals surface area contributed by atoms with Gasteiger partial charge < -0.3 is 10.1 Å². The van der Waals surface area contributed by atoms with Crippen molar-refractivity contribution in [1.82, 2.24) is 5.32 Å². The fraction of sp³-hybridized carbons (Fsp3) is 0.333. The monoisotopic (exact) mass is 219 g/mol. The number of aryl methyl sites for hydroxylation is 1. The molecule has 1 aromatic rings. The molecule has 0 unspecified atom stereocenters. The first-order chi connectivity index (χ1) is 7.66. The number of para-hydroxylation sites is 1. The van der Waals surface area contributed by atoms with Gasteiger partial charge in [0.25, 0.3) is 0 Å². The first-order valence-electron chi connectivity index (χ1n) is 5.23. The second-order valence-corrected chi connectivity index (χ2v) is 3.85. The number of esters is 1. The average molecular weight is 219 g/mol. The van der Waals surface area contributed by atoms with E-state index in [9.17, 15) is 9.59 Å². The molecule has 1 saturated heterocycles. The number of hydrogen-bond acceptors (Lipinski definition) is 3. The maximum atomic E-state index is 11.7. The number of carbonyl (C=O) groups is 2. The Morgan fingerprint density at radius 2 is 2.19 bits per heavy atom. The fourth-order valence-electron chi connectivity index (χ4n) is 1.64. The molecule has 1 aliphatic heterocycles. The van der Waals surface area contributed by atoms with Crippen molar-refractivity contribution >= 4 is 11.9 Å². The van der Waals surface area contributed by atoms with E-state index >= 15 is 0 Å². The highest BCUT2D eigenvalue weighted by Crippen LogP contribution is 2.18. The summed E-state index contributed by atoms with van der Waals surface area (Å²) in [7, 11) is 0. The molecule has 4 heteroatoms.